The van der Waals surface area contributed by atoms with E-state index in [1.54, 1.807) is 23.1 Å². The van der Waals surface area contributed by atoms with E-state index >= 15 is 0 Å². The summed E-state index contributed by atoms with van der Waals surface area (Å²) in [5.41, 5.74) is 0. The fourth-order valence-corrected chi connectivity index (χ4v) is 3.79. The van der Waals surface area contributed by atoms with E-state index in [0.29, 0.717) is 6.42 Å². The molecule has 19 heavy (non-hydrogen) atoms. The monoisotopic (exact) mass is 296 g/mol. The van der Waals surface area contributed by atoms with Crippen molar-refractivity contribution in [2.24, 2.45) is 0 Å². The summed E-state index contributed by atoms with van der Waals surface area (Å²) in [6, 6.07) is 2.15. The quantitative estimate of drug-likeness (QED) is 0.502. The first-order valence-corrected chi connectivity index (χ1v) is 8.02. The molecule has 0 fully saturated rings. The molecule has 0 atom stereocenters. The predicted molar refractivity (Wildman–Crippen MR) is 79.1 cm³/mol. The molecule has 0 aliphatic heterocycles. The fraction of sp³-hybridized carbons (Fsp3) is 0.462. The van der Waals surface area contributed by atoms with Crippen molar-refractivity contribution in [1.82, 2.24) is 9.97 Å². The van der Waals surface area contributed by atoms with Crippen molar-refractivity contribution in [2.45, 2.75) is 38.1 Å². The molecule has 0 amide bonds. The van der Waals surface area contributed by atoms with Crippen molar-refractivity contribution in [1.29, 1.82) is 0 Å². The molecule has 6 heteroatoms. The summed E-state index contributed by atoms with van der Waals surface area (Å²) in [6.07, 6.45) is 1.88. The van der Waals surface area contributed by atoms with Crippen LogP contribution in [0, 0.1) is 6.92 Å². The maximum Gasteiger partial charge on any atom is 0.303 e. The van der Waals surface area contributed by atoms with Gasteiger partial charge in [-0.15, -0.1) is 23.1 Å². The molecule has 1 N–H and O–H groups in total. The van der Waals surface area contributed by atoms with E-state index in [1.807, 2.05) is 6.92 Å². The van der Waals surface area contributed by atoms with E-state index in [4.69, 9.17) is 5.11 Å². The Morgan fingerprint density at radius 3 is 2.95 bits per heavy atom. The molecule has 2 aromatic rings. The zero-order valence-corrected chi connectivity index (χ0v) is 12.6. The second kappa shape index (κ2) is 6.34. The molecule has 102 valence electrons. The summed E-state index contributed by atoms with van der Waals surface area (Å²) in [6.45, 7) is 4.02. The SMILES string of the molecule is CCc1cc2c(SCCCC(=O)O)nc(C)nc2s1. The van der Waals surface area contributed by atoms with Gasteiger partial charge >= 0.3 is 5.97 Å². The van der Waals surface area contributed by atoms with Gasteiger partial charge in [0.05, 0.1) is 0 Å². The van der Waals surface area contributed by atoms with Crippen molar-refractivity contribution < 1.29 is 9.90 Å². The largest absolute Gasteiger partial charge is 0.481 e. The van der Waals surface area contributed by atoms with Crippen LogP contribution in [0.5, 0.6) is 0 Å². The van der Waals surface area contributed by atoms with Crippen LogP contribution in [0.25, 0.3) is 10.2 Å². The minimum absolute atomic E-state index is 0.212. The van der Waals surface area contributed by atoms with Crippen LogP contribution >= 0.6 is 23.1 Å². The number of rotatable bonds is 6. The average Bonchev–Trinajstić information content (AvgIpc) is 2.77. The van der Waals surface area contributed by atoms with E-state index in [-0.39, 0.29) is 6.42 Å². The highest BCUT2D eigenvalue weighted by Crippen LogP contribution is 2.32. The van der Waals surface area contributed by atoms with Crippen molar-refractivity contribution >= 4 is 39.3 Å². The number of aliphatic carboxylic acids is 1. The number of aromatic nitrogens is 2. The van der Waals surface area contributed by atoms with E-state index in [2.05, 4.69) is 23.0 Å². The summed E-state index contributed by atoms with van der Waals surface area (Å²) in [5, 5.41) is 10.7. The number of carboxylic acid groups (broad SMARTS) is 1. The Hall–Kier alpha value is -1.14. The molecule has 4 nitrogen and oxygen atoms in total. The molecule has 0 aliphatic carbocycles. The van der Waals surface area contributed by atoms with Crippen LogP contribution in [0.3, 0.4) is 0 Å². The van der Waals surface area contributed by atoms with Crippen molar-refractivity contribution in [3.05, 3.63) is 16.8 Å². The first-order valence-electron chi connectivity index (χ1n) is 6.21. The van der Waals surface area contributed by atoms with Crippen LogP contribution in [0.4, 0.5) is 0 Å². The Morgan fingerprint density at radius 2 is 2.26 bits per heavy atom. The lowest BCUT2D eigenvalue weighted by molar-refractivity contribution is -0.137. The van der Waals surface area contributed by atoms with Crippen LogP contribution < -0.4 is 0 Å². The number of carbonyl (C=O) groups is 1. The van der Waals surface area contributed by atoms with E-state index in [0.717, 1.165) is 33.2 Å². The number of hydrogen-bond donors (Lipinski definition) is 1. The van der Waals surface area contributed by atoms with Crippen LogP contribution in [0.2, 0.25) is 0 Å². The molecule has 2 heterocycles. The van der Waals surface area contributed by atoms with Gasteiger partial charge in [-0.3, -0.25) is 4.79 Å². The first kappa shape index (κ1) is 14.3. The van der Waals surface area contributed by atoms with Crippen LogP contribution in [-0.4, -0.2) is 26.8 Å². The Kier molecular flexibility index (Phi) is 4.76. The number of nitrogens with zero attached hydrogens (tertiary/aromatic N) is 2. The lowest BCUT2D eigenvalue weighted by Crippen LogP contribution is -1.96. The van der Waals surface area contributed by atoms with Gasteiger partial charge in [-0.25, -0.2) is 9.97 Å². The highest BCUT2D eigenvalue weighted by molar-refractivity contribution is 7.99. The normalized spacial score (nSPS) is 11.1. The number of aryl methyl sites for hydroxylation is 2. The molecule has 0 saturated carbocycles. The minimum Gasteiger partial charge on any atom is -0.481 e. The van der Waals surface area contributed by atoms with Gasteiger partial charge in [0.2, 0.25) is 0 Å². The second-order valence-corrected chi connectivity index (χ2v) is 6.41. The highest BCUT2D eigenvalue weighted by Gasteiger charge is 2.10. The Balaban J connectivity index is 2.16. The smallest absolute Gasteiger partial charge is 0.303 e. The molecule has 0 bridgehead atoms. The van der Waals surface area contributed by atoms with Gasteiger partial charge in [0.15, 0.2) is 0 Å². The summed E-state index contributed by atoms with van der Waals surface area (Å²) in [4.78, 5) is 21.8. The zero-order chi connectivity index (χ0) is 13.8. The molecule has 0 aromatic carbocycles. The average molecular weight is 296 g/mol. The van der Waals surface area contributed by atoms with Gasteiger partial charge in [0.25, 0.3) is 0 Å². The molecule has 0 spiro atoms. The number of carboxylic acids is 1. The van der Waals surface area contributed by atoms with E-state index in [1.165, 1.54) is 4.88 Å². The molecule has 2 aromatic heterocycles. The predicted octanol–water partition coefficient (Wildman–Crippen LogP) is 3.52. The maximum absolute atomic E-state index is 10.5. The van der Waals surface area contributed by atoms with Crippen LogP contribution in [0.15, 0.2) is 11.1 Å². The summed E-state index contributed by atoms with van der Waals surface area (Å²) >= 11 is 3.33. The Morgan fingerprint density at radius 1 is 1.47 bits per heavy atom. The van der Waals surface area contributed by atoms with Crippen LogP contribution in [-0.2, 0) is 11.2 Å². The molecule has 0 unspecified atom stereocenters. The highest BCUT2D eigenvalue weighted by atomic mass is 32.2. The van der Waals surface area contributed by atoms with Crippen molar-refractivity contribution in [3.63, 3.8) is 0 Å². The lowest BCUT2D eigenvalue weighted by atomic mass is 10.3. The zero-order valence-electron chi connectivity index (χ0n) is 11.0. The maximum atomic E-state index is 10.5. The van der Waals surface area contributed by atoms with Gasteiger partial charge in [-0.05, 0) is 25.8 Å². The first-order chi connectivity index (χ1) is 9.10. The van der Waals surface area contributed by atoms with Gasteiger partial charge in [0, 0.05) is 22.4 Å². The summed E-state index contributed by atoms with van der Waals surface area (Å²) in [7, 11) is 0. The standard InChI is InChI=1S/C13H16N2O2S2/c1-3-9-7-10-12(18-6-4-5-11(16)17)14-8(2)15-13(10)19-9/h7H,3-6H2,1-2H3,(H,16,17). The van der Waals surface area contributed by atoms with Crippen molar-refractivity contribution in [3.8, 4) is 0 Å². The number of thiophene rings is 1. The van der Waals surface area contributed by atoms with E-state index in [9.17, 15) is 4.79 Å². The number of fused-ring (bicyclic) bond motifs is 1. The van der Waals surface area contributed by atoms with E-state index < -0.39 is 5.97 Å². The Labute approximate surface area is 120 Å². The Bertz CT molecular complexity index is 596. The summed E-state index contributed by atoms with van der Waals surface area (Å²) < 4.78 is 0. The van der Waals surface area contributed by atoms with Gasteiger partial charge in [-0.2, -0.15) is 0 Å². The molecular formula is C13H16N2O2S2. The second-order valence-electron chi connectivity index (χ2n) is 4.21. The molecule has 0 aliphatic rings. The number of hydrogen-bond acceptors (Lipinski definition) is 5. The minimum atomic E-state index is -0.742. The van der Waals surface area contributed by atoms with Gasteiger partial charge < -0.3 is 5.11 Å². The number of thioether (sulfide) groups is 1. The third kappa shape index (κ3) is 3.67. The third-order valence-electron chi connectivity index (χ3n) is 2.64. The van der Waals surface area contributed by atoms with Gasteiger partial charge in [-0.1, -0.05) is 6.92 Å². The third-order valence-corrected chi connectivity index (χ3v) is 4.89. The topological polar surface area (TPSA) is 63.1 Å². The molecule has 0 radical (unpaired) electrons. The fourth-order valence-electron chi connectivity index (χ4n) is 1.72. The molecular weight excluding hydrogens is 280 g/mol. The molecule has 2 rings (SSSR count). The summed E-state index contributed by atoms with van der Waals surface area (Å²) in [5.74, 6) is 0.806. The lowest BCUT2D eigenvalue weighted by Gasteiger charge is -2.02. The van der Waals surface area contributed by atoms with Gasteiger partial charge in [0.1, 0.15) is 15.7 Å². The molecule has 0 saturated heterocycles. The van der Waals surface area contributed by atoms with Crippen molar-refractivity contribution in [2.75, 3.05) is 5.75 Å². The van der Waals surface area contributed by atoms with Crippen LogP contribution in [0.1, 0.15) is 30.5 Å².